The molecule has 6 heteroatoms. The standard InChI is InChI=1S/C21H30N2O4/c1-2-26-19(24)21(16-18-10-6-7-15-27-18)11-13-23(14-12-21)20(25)22-17-8-4-3-5-9-17/h3-5,8-9,18H,2,6-7,10-16H2,1H3,(H,22,25)/t18-/m1/s1. The molecule has 0 bridgehead atoms. The minimum atomic E-state index is -0.540. The lowest BCUT2D eigenvalue weighted by Gasteiger charge is -2.42. The summed E-state index contributed by atoms with van der Waals surface area (Å²) in [6, 6.07) is 9.31. The largest absolute Gasteiger partial charge is 0.466 e. The monoisotopic (exact) mass is 374 g/mol. The maximum absolute atomic E-state index is 12.8. The van der Waals surface area contributed by atoms with E-state index < -0.39 is 5.41 Å². The van der Waals surface area contributed by atoms with Crippen molar-refractivity contribution in [2.75, 3.05) is 31.6 Å². The molecule has 2 aliphatic heterocycles. The van der Waals surface area contributed by atoms with Crippen molar-refractivity contribution in [2.45, 2.75) is 51.6 Å². The average Bonchev–Trinajstić information content (AvgIpc) is 2.70. The van der Waals surface area contributed by atoms with E-state index in [-0.39, 0.29) is 18.1 Å². The molecule has 1 aromatic rings. The molecule has 2 amide bonds. The maximum Gasteiger partial charge on any atom is 0.321 e. The van der Waals surface area contributed by atoms with Gasteiger partial charge in [0.1, 0.15) is 0 Å². The molecule has 1 atom stereocenters. The van der Waals surface area contributed by atoms with Crippen molar-refractivity contribution < 1.29 is 19.1 Å². The number of amides is 2. The Hall–Kier alpha value is -2.08. The van der Waals surface area contributed by atoms with Crippen LogP contribution < -0.4 is 5.32 Å². The van der Waals surface area contributed by atoms with Gasteiger partial charge in [-0.15, -0.1) is 0 Å². The minimum Gasteiger partial charge on any atom is -0.466 e. The highest BCUT2D eigenvalue weighted by Gasteiger charge is 2.45. The molecule has 2 aliphatic rings. The Balaban J connectivity index is 1.62. The molecule has 0 aliphatic carbocycles. The van der Waals surface area contributed by atoms with Crippen LogP contribution in [-0.2, 0) is 14.3 Å². The van der Waals surface area contributed by atoms with E-state index >= 15 is 0 Å². The number of anilines is 1. The molecule has 2 fully saturated rings. The fraction of sp³-hybridized carbons (Fsp3) is 0.619. The van der Waals surface area contributed by atoms with Crippen molar-refractivity contribution in [3.05, 3.63) is 30.3 Å². The average molecular weight is 374 g/mol. The van der Waals surface area contributed by atoms with Crippen LogP contribution in [0, 0.1) is 5.41 Å². The zero-order chi connectivity index (χ0) is 19.1. The van der Waals surface area contributed by atoms with Gasteiger partial charge in [0.2, 0.25) is 0 Å². The third-order valence-corrected chi connectivity index (χ3v) is 5.63. The van der Waals surface area contributed by atoms with Gasteiger partial charge in [-0.1, -0.05) is 18.2 Å². The van der Waals surface area contributed by atoms with Gasteiger partial charge in [0.25, 0.3) is 0 Å². The molecular weight excluding hydrogens is 344 g/mol. The summed E-state index contributed by atoms with van der Waals surface area (Å²) in [6.45, 7) is 4.08. The normalized spacial score (nSPS) is 22.1. The number of esters is 1. The Kier molecular flexibility index (Phi) is 6.72. The summed E-state index contributed by atoms with van der Waals surface area (Å²) < 4.78 is 11.3. The zero-order valence-electron chi connectivity index (χ0n) is 16.1. The number of nitrogens with one attached hydrogen (secondary N) is 1. The number of nitrogens with zero attached hydrogens (tertiary/aromatic N) is 1. The van der Waals surface area contributed by atoms with Crippen LogP contribution in [0.25, 0.3) is 0 Å². The number of hydrogen-bond acceptors (Lipinski definition) is 4. The van der Waals surface area contributed by atoms with Crippen molar-refractivity contribution in [3.63, 3.8) is 0 Å². The van der Waals surface area contributed by atoms with Crippen LogP contribution in [0.2, 0.25) is 0 Å². The Labute approximate surface area is 161 Å². The summed E-state index contributed by atoms with van der Waals surface area (Å²) in [5, 5.41) is 2.92. The number of carbonyl (C=O) groups excluding carboxylic acids is 2. The van der Waals surface area contributed by atoms with Gasteiger partial charge in [-0.05, 0) is 57.6 Å². The van der Waals surface area contributed by atoms with Crippen LogP contribution >= 0.6 is 0 Å². The molecule has 0 unspecified atom stereocenters. The number of para-hydroxylation sites is 1. The van der Waals surface area contributed by atoms with Crippen LogP contribution in [0.4, 0.5) is 10.5 Å². The number of piperidine rings is 1. The second kappa shape index (κ2) is 9.22. The summed E-state index contributed by atoms with van der Waals surface area (Å²) >= 11 is 0. The Morgan fingerprint density at radius 1 is 1.22 bits per heavy atom. The third kappa shape index (κ3) is 5.01. The number of benzene rings is 1. The minimum absolute atomic E-state index is 0.118. The van der Waals surface area contributed by atoms with E-state index in [0.717, 1.165) is 31.6 Å². The van der Waals surface area contributed by atoms with E-state index in [1.807, 2.05) is 37.3 Å². The van der Waals surface area contributed by atoms with Gasteiger partial charge in [0, 0.05) is 25.4 Å². The van der Waals surface area contributed by atoms with Crippen molar-refractivity contribution in [3.8, 4) is 0 Å². The Morgan fingerprint density at radius 2 is 1.96 bits per heavy atom. The first kappa shape index (κ1) is 19.7. The maximum atomic E-state index is 12.8. The van der Waals surface area contributed by atoms with Crippen LogP contribution in [0.1, 0.15) is 45.4 Å². The van der Waals surface area contributed by atoms with Gasteiger partial charge in [-0.25, -0.2) is 4.79 Å². The summed E-state index contributed by atoms with van der Waals surface area (Å²) in [4.78, 5) is 27.1. The molecule has 27 heavy (non-hydrogen) atoms. The number of hydrogen-bond donors (Lipinski definition) is 1. The van der Waals surface area contributed by atoms with E-state index in [9.17, 15) is 9.59 Å². The number of ether oxygens (including phenoxy) is 2. The third-order valence-electron chi connectivity index (χ3n) is 5.63. The van der Waals surface area contributed by atoms with Gasteiger partial charge < -0.3 is 19.7 Å². The number of likely N-dealkylation sites (tertiary alicyclic amines) is 1. The molecule has 2 heterocycles. The van der Waals surface area contributed by atoms with Crippen molar-refractivity contribution in [2.24, 2.45) is 5.41 Å². The van der Waals surface area contributed by atoms with Crippen LogP contribution in [-0.4, -0.2) is 49.3 Å². The molecule has 2 saturated heterocycles. The predicted molar refractivity (Wildman–Crippen MR) is 104 cm³/mol. The molecule has 6 nitrogen and oxygen atoms in total. The van der Waals surface area contributed by atoms with Crippen LogP contribution in [0.3, 0.4) is 0 Å². The Morgan fingerprint density at radius 3 is 2.59 bits per heavy atom. The molecule has 0 saturated carbocycles. The number of rotatable bonds is 5. The lowest BCUT2D eigenvalue weighted by Crippen LogP contribution is -2.49. The molecule has 148 valence electrons. The summed E-state index contributed by atoms with van der Waals surface area (Å²) in [7, 11) is 0. The highest BCUT2D eigenvalue weighted by atomic mass is 16.5. The molecule has 3 rings (SSSR count). The fourth-order valence-electron chi connectivity index (χ4n) is 4.04. The molecule has 1 aromatic carbocycles. The number of carbonyl (C=O) groups is 2. The van der Waals surface area contributed by atoms with E-state index in [2.05, 4.69) is 5.32 Å². The highest BCUT2D eigenvalue weighted by Crippen LogP contribution is 2.40. The Bertz CT molecular complexity index is 620. The van der Waals surface area contributed by atoms with E-state index in [1.54, 1.807) is 4.90 Å². The van der Waals surface area contributed by atoms with Gasteiger partial charge >= 0.3 is 12.0 Å². The molecule has 0 radical (unpaired) electrons. The lowest BCUT2D eigenvalue weighted by atomic mass is 9.73. The smallest absolute Gasteiger partial charge is 0.321 e. The first-order valence-corrected chi connectivity index (χ1v) is 10.0. The molecular formula is C21H30N2O4. The van der Waals surface area contributed by atoms with E-state index in [0.29, 0.717) is 39.0 Å². The van der Waals surface area contributed by atoms with Gasteiger partial charge in [0.05, 0.1) is 18.1 Å². The van der Waals surface area contributed by atoms with Gasteiger partial charge in [-0.3, -0.25) is 4.79 Å². The zero-order valence-corrected chi connectivity index (χ0v) is 16.1. The SMILES string of the molecule is CCOC(=O)C1(C[C@H]2CCCCO2)CCN(C(=O)Nc2ccccc2)CC1. The van der Waals surface area contributed by atoms with Crippen LogP contribution in [0.15, 0.2) is 30.3 Å². The van der Waals surface area contributed by atoms with E-state index in [4.69, 9.17) is 9.47 Å². The number of urea groups is 1. The summed E-state index contributed by atoms with van der Waals surface area (Å²) in [6.07, 6.45) is 5.29. The van der Waals surface area contributed by atoms with Crippen LogP contribution in [0.5, 0.6) is 0 Å². The molecule has 1 N–H and O–H groups in total. The molecule has 0 aromatic heterocycles. The van der Waals surface area contributed by atoms with Crippen molar-refractivity contribution in [1.29, 1.82) is 0 Å². The summed E-state index contributed by atoms with van der Waals surface area (Å²) in [5.74, 6) is -0.137. The first-order valence-electron chi connectivity index (χ1n) is 10.0. The second-order valence-corrected chi connectivity index (χ2v) is 7.48. The van der Waals surface area contributed by atoms with E-state index in [1.165, 1.54) is 0 Å². The molecule has 0 spiro atoms. The summed E-state index contributed by atoms with van der Waals surface area (Å²) in [5.41, 5.74) is 0.238. The quantitative estimate of drug-likeness (QED) is 0.796. The second-order valence-electron chi connectivity index (χ2n) is 7.48. The first-order chi connectivity index (χ1) is 13.1. The van der Waals surface area contributed by atoms with Gasteiger partial charge in [-0.2, -0.15) is 0 Å². The highest BCUT2D eigenvalue weighted by molar-refractivity contribution is 5.89. The van der Waals surface area contributed by atoms with Crippen molar-refractivity contribution in [1.82, 2.24) is 4.90 Å². The van der Waals surface area contributed by atoms with Gasteiger partial charge in [0.15, 0.2) is 0 Å². The van der Waals surface area contributed by atoms with Crippen molar-refractivity contribution >= 4 is 17.7 Å². The predicted octanol–water partition coefficient (Wildman–Crippen LogP) is 3.82. The fourth-order valence-corrected chi connectivity index (χ4v) is 4.04. The topological polar surface area (TPSA) is 67.9 Å². The lowest BCUT2D eigenvalue weighted by molar-refractivity contribution is -0.162.